The van der Waals surface area contributed by atoms with Gasteiger partial charge in [-0.25, -0.2) is 13.2 Å². The first-order valence-electron chi connectivity index (χ1n) is 12.8. The summed E-state index contributed by atoms with van der Waals surface area (Å²) in [6, 6.07) is 10.3. The predicted octanol–water partition coefficient (Wildman–Crippen LogP) is 3.10. The normalized spacial score (nSPS) is 23.2. The zero-order valence-electron chi connectivity index (χ0n) is 21.6. The van der Waals surface area contributed by atoms with Gasteiger partial charge in [0, 0.05) is 36.8 Å². The van der Waals surface area contributed by atoms with Crippen molar-refractivity contribution in [2.45, 2.75) is 59.3 Å². The molecule has 2 aliphatic heterocycles. The number of anilines is 1. The first-order valence-corrected chi connectivity index (χ1v) is 14.6. The maximum absolute atomic E-state index is 13.6. The molecule has 2 N–H and O–H groups in total. The van der Waals surface area contributed by atoms with Gasteiger partial charge in [-0.05, 0) is 56.0 Å². The van der Waals surface area contributed by atoms with Crippen molar-refractivity contribution in [2.24, 2.45) is 0 Å². The fourth-order valence-corrected chi connectivity index (χ4v) is 7.63. The number of amides is 3. The van der Waals surface area contributed by atoms with E-state index in [0.717, 1.165) is 6.42 Å². The number of aliphatic hydroxyl groups is 1. The summed E-state index contributed by atoms with van der Waals surface area (Å²) in [4.78, 5) is 29.0. The standard InChI is InChI=1S/C26H29F3N4O5S2/c1-24(36,26(27,28)29)17-7-9-18(10-8-17)32-14-13-31(40(37,38)21-6-3-2-5-20(21)39)15-19(32)16-33-23(35)30-22(34)25(33)11-4-12-25/h2-3,5-10,19,36,39H,4,11-16H2,1H3,(H,30,34,35)/t19-,24-/m1/s1. The van der Waals surface area contributed by atoms with E-state index in [1.165, 1.54) is 39.5 Å². The number of thiol groups is 1. The topological polar surface area (TPSA) is 110 Å². The predicted molar refractivity (Wildman–Crippen MR) is 142 cm³/mol. The molecule has 14 heteroatoms. The number of halogens is 3. The lowest BCUT2D eigenvalue weighted by molar-refractivity contribution is -0.258. The van der Waals surface area contributed by atoms with E-state index in [-0.39, 0.29) is 47.4 Å². The average molecular weight is 599 g/mol. The zero-order chi connectivity index (χ0) is 29.1. The Morgan fingerprint density at radius 3 is 2.30 bits per heavy atom. The molecule has 3 fully saturated rings. The first-order chi connectivity index (χ1) is 18.7. The van der Waals surface area contributed by atoms with Crippen molar-refractivity contribution in [1.29, 1.82) is 0 Å². The summed E-state index contributed by atoms with van der Waals surface area (Å²) < 4.78 is 68.5. The van der Waals surface area contributed by atoms with Crippen LogP contribution in [0.1, 0.15) is 31.7 Å². The molecule has 3 aliphatic rings. The van der Waals surface area contributed by atoms with Crippen molar-refractivity contribution >= 4 is 40.3 Å². The molecular formula is C26H29F3N4O5S2. The SMILES string of the molecule is C[C@@](O)(c1ccc(N2CCN(S(=O)(=O)c3ccccc3S)C[C@@H]2CN2C(=O)NC(=O)C23CCC3)cc1)C(F)(F)F. The number of sulfonamides is 1. The fourth-order valence-electron chi connectivity index (χ4n) is 5.57. The summed E-state index contributed by atoms with van der Waals surface area (Å²) in [6.07, 6.45) is -3.13. The van der Waals surface area contributed by atoms with Gasteiger partial charge in [-0.3, -0.25) is 10.1 Å². The minimum atomic E-state index is -4.88. The molecule has 0 radical (unpaired) electrons. The van der Waals surface area contributed by atoms with Crippen LogP contribution in [0.3, 0.4) is 0 Å². The second kappa shape index (κ2) is 9.93. The molecule has 2 saturated heterocycles. The highest BCUT2D eigenvalue weighted by atomic mass is 32.2. The number of benzene rings is 2. The summed E-state index contributed by atoms with van der Waals surface area (Å²) in [5.74, 6) is -0.377. The third kappa shape index (κ3) is 4.64. The molecule has 40 heavy (non-hydrogen) atoms. The highest BCUT2D eigenvalue weighted by Gasteiger charge is 2.57. The van der Waals surface area contributed by atoms with E-state index < -0.39 is 39.4 Å². The zero-order valence-corrected chi connectivity index (χ0v) is 23.3. The van der Waals surface area contributed by atoms with Gasteiger partial charge in [-0.2, -0.15) is 17.5 Å². The number of alkyl halides is 3. The van der Waals surface area contributed by atoms with Gasteiger partial charge < -0.3 is 14.9 Å². The molecule has 0 bridgehead atoms. The number of nitrogens with zero attached hydrogens (tertiary/aromatic N) is 3. The van der Waals surface area contributed by atoms with E-state index in [9.17, 15) is 36.3 Å². The van der Waals surface area contributed by atoms with Crippen LogP contribution in [0, 0.1) is 0 Å². The fraction of sp³-hybridized carbons (Fsp3) is 0.462. The van der Waals surface area contributed by atoms with E-state index >= 15 is 0 Å². The second-order valence-electron chi connectivity index (χ2n) is 10.5. The average Bonchev–Trinajstić information content (AvgIpc) is 3.12. The maximum Gasteiger partial charge on any atom is 0.421 e. The van der Waals surface area contributed by atoms with Crippen LogP contribution in [0.4, 0.5) is 23.7 Å². The Morgan fingerprint density at radius 1 is 1.07 bits per heavy atom. The van der Waals surface area contributed by atoms with Crippen molar-refractivity contribution in [2.75, 3.05) is 31.1 Å². The van der Waals surface area contributed by atoms with Crippen LogP contribution in [0.25, 0.3) is 0 Å². The van der Waals surface area contributed by atoms with E-state index in [1.807, 2.05) is 4.90 Å². The molecule has 2 heterocycles. The van der Waals surface area contributed by atoms with Gasteiger partial charge >= 0.3 is 12.2 Å². The van der Waals surface area contributed by atoms with Gasteiger partial charge in [0.25, 0.3) is 5.91 Å². The number of carbonyl (C=O) groups is 2. The maximum atomic E-state index is 13.6. The number of carbonyl (C=O) groups excluding carboxylic acids is 2. The number of nitrogens with one attached hydrogen (secondary N) is 1. The van der Waals surface area contributed by atoms with Gasteiger partial charge in [0.1, 0.15) is 5.54 Å². The van der Waals surface area contributed by atoms with Crippen LogP contribution < -0.4 is 10.2 Å². The molecule has 0 unspecified atom stereocenters. The molecule has 2 aromatic rings. The van der Waals surface area contributed by atoms with Crippen LogP contribution in [-0.2, 0) is 20.4 Å². The molecule has 1 spiro atoms. The third-order valence-electron chi connectivity index (χ3n) is 8.22. The quantitative estimate of drug-likeness (QED) is 0.348. The number of hydrogen-bond acceptors (Lipinski definition) is 7. The Kier molecular flexibility index (Phi) is 7.12. The first kappa shape index (κ1) is 28.7. The summed E-state index contributed by atoms with van der Waals surface area (Å²) in [6.45, 7) is 0.896. The van der Waals surface area contributed by atoms with Crippen LogP contribution in [0.5, 0.6) is 0 Å². The number of piperazine rings is 1. The van der Waals surface area contributed by atoms with E-state index in [0.29, 0.717) is 25.5 Å². The minimum Gasteiger partial charge on any atom is -0.376 e. The Labute approximate surface area is 235 Å². The highest BCUT2D eigenvalue weighted by molar-refractivity contribution is 7.90. The molecule has 1 aliphatic carbocycles. The van der Waals surface area contributed by atoms with Gasteiger partial charge in [-0.1, -0.05) is 24.3 Å². The second-order valence-corrected chi connectivity index (χ2v) is 12.9. The molecule has 5 rings (SSSR count). The summed E-state index contributed by atoms with van der Waals surface area (Å²) in [5, 5.41) is 12.4. The highest BCUT2D eigenvalue weighted by Crippen LogP contribution is 2.42. The molecule has 1 saturated carbocycles. The lowest BCUT2D eigenvalue weighted by Gasteiger charge is -2.48. The van der Waals surface area contributed by atoms with Crippen LogP contribution in [-0.4, -0.2) is 78.6 Å². The van der Waals surface area contributed by atoms with Crippen LogP contribution >= 0.6 is 12.6 Å². The number of imide groups is 1. The van der Waals surface area contributed by atoms with E-state index in [1.54, 1.807) is 18.2 Å². The molecule has 2 atom stereocenters. The molecule has 0 aromatic heterocycles. The number of rotatable bonds is 6. The van der Waals surface area contributed by atoms with Crippen molar-refractivity contribution in [1.82, 2.24) is 14.5 Å². The van der Waals surface area contributed by atoms with Crippen molar-refractivity contribution in [3.8, 4) is 0 Å². The van der Waals surface area contributed by atoms with Crippen molar-refractivity contribution in [3.63, 3.8) is 0 Å². The number of hydrogen-bond donors (Lipinski definition) is 3. The summed E-state index contributed by atoms with van der Waals surface area (Å²) >= 11 is 4.30. The Bertz CT molecular complexity index is 1430. The van der Waals surface area contributed by atoms with Crippen LogP contribution in [0.15, 0.2) is 58.3 Å². The molecule has 9 nitrogen and oxygen atoms in total. The van der Waals surface area contributed by atoms with E-state index in [4.69, 9.17) is 0 Å². The minimum absolute atomic E-state index is 0.0220. The van der Waals surface area contributed by atoms with Crippen LogP contribution in [0.2, 0.25) is 0 Å². The lowest BCUT2D eigenvalue weighted by Crippen LogP contribution is -2.63. The molecule has 3 amide bonds. The monoisotopic (exact) mass is 598 g/mol. The van der Waals surface area contributed by atoms with Gasteiger partial charge in [0.2, 0.25) is 10.0 Å². The summed E-state index contributed by atoms with van der Waals surface area (Å²) in [5.41, 5.74) is -3.88. The van der Waals surface area contributed by atoms with Gasteiger partial charge in [0.05, 0.1) is 10.9 Å². The Balaban J connectivity index is 1.47. The Morgan fingerprint density at radius 2 is 1.73 bits per heavy atom. The Hall–Kier alpha value is -2.81. The van der Waals surface area contributed by atoms with Crippen molar-refractivity contribution < 1.29 is 36.3 Å². The number of urea groups is 1. The van der Waals surface area contributed by atoms with Crippen molar-refractivity contribution in [3.05, 3.63) is 54.1 Å². The smallest absolute Gasteiger partial charge is 0.376 e. The van der Waals surface area contributed by atoms with Gasteiger partial charge in [-0.15, -0.1) is 12.6 Å². The molecular weight excluding hydrogens is 569 g/mol. The molecule has 216 valence electrons. The largest absolute Gasteiger partial charge is 0.421 e. The lowest BCUT2D eigenvalue weighted by atomic mass is 9.75. The third-order valence-corrected chi connectivity index (χ3v) is 10.7. The summed E-state index contributed by atoms with van der Waals surface area (Å²) in [7, 11) is -3.97. The van der Waals surface area contributed by atoms with Gasteiger partial charge in [0.15, 0.2) is 5.60 Å². The molecule has 2 aromatic carbocycles. The van der Waals surface area contributed by atoms with E-state index in [2.05, 4.69) is 17.9 Å².